The van der Waals surface area contributed by atoms with Crippen molar-refractivity contribution in [2.45, 2.75) is 32.7 Å². The van der Waals surface area contributed by atoms with Gasteiger partial charge in [-0.25, -0.2) is 0 Å². The van der Waals surface area contributed by atoms with E-state index in [-0.39, 0.29) is 5.78 Å². The molecular weight excluding hydrogens is 330 g/mol. The first kappa shape index (κ1) is 17.9. The lowest BCUT2D eigenvalue weighted by atomic mass is 10.0. The molecule has 1 aliphatic rings. The number of unbranched alkanes of at least 4 members (excludes halogenated alkanes) is 1. The second-order valence-corrected chi connectivity index (χ2v) is 6.29. The second-order valence-electron chi connectivity index (χ2n) is 6.29. The van der Waals surface area contributed by atoms with Gasteiger partial charge in [0.1, 0.15) is 11.8 Å². The fourth-order valence-corrected chi connectivity index (χ4v) is 2.97. The van der Waals surface area contributed by atoms with Crippen molar-refractivity contribution >= 4 is 17.6 Å². The second kappa shape index (κ2) is 7.52. The highest BCUT2D eigenvalue weighted by Crippen LogP contribution is 2.26. The van der Waals surface area contributed by atoms with Crippen molar-refractivity contribution in [2.75, 3.05) is 6.61 Å². The smallest absolute Gasteiger partial charge is 0.262 e. The summed E-state index contributed by atoms with van der Waals surface area (Å²) in [5.41, 5.74) is 1.13. The Balaban J connectivity index is 1.74. The van der Waals surface area contributed by atoms with Crippen LogP contribution in [-0.2, 0) is 0 Å². The molecule has 1 unspecified atom stereocenters. The maximum Gasteiger partial charge on any atom is 0.262 e. The molecule has 0 radical (unpaired) electrons. The largest absolute Gasteiger partial charge is 0.494 e. The zero-order valence-electron chi connectivity index (χ0n) is 14.9. The molecule has 0 spiro atoms. The molecule has 0 N–H and O–H groups in total. The Morgan fingerprint density at radius 3 is 2.12 bits per heavy atom. The van der Waals surface area contributed by atoms with Crippen LogP contribution in [0.15, 0.2) is 48.5 Å². The summed E-state index contributed by atoms with van der Waals surface area (Å²) in [6.07, 6.45) is 2.02. The van der Waals surface area contributed by atoms with Gasteiger partial charge in [0.15, 0.2) is 5.78 Å². The first-order chi connectivity index (χ1) is 12.5. The highest BCUT2D eigenvalue weighted by Gasteiger charge is 2.40. The third-order valence-corrected chi connectivity index (χ3v) is 4.50. The van der Waals surface area contributed by atoms with E-state index in [1.807, 2.05) is 0 Å². The van der Waals surface area contributed by atoms with Crippen LogP contribution in [0.25, 0.3) is 0 Å². The van der Waals surface area contributed by atoms with Gasteiger partial charge < -0.3 is 4.74 Å². The van der Waals surface area contributed by atoms with Crippen molar-refractivity contribution in [1.29, 1.82) is 0 Å². The fourth-order valence-electron chi connectivity index (χ4n) is 2.97. The monoisotopic (exact) mass is 351 g/mol. The van der Waals surface area contributed by atoms with Crippen LogP contribution in [0.2, 0.25) is 0 Å². The van der Waals surface area contributed by atoms with E-state index >= 15 is 0 Å². The number of amides is 2. The molecule has 0 aliphatic carbocycles. The van der Waals surface area contributed by atoms with E-state index in [9.17, 15) is 14.4 Å². The minimum atomic E-state index is -0.866. The van der Waals surface area contributed by atoms with Crippen molar-refractivity contribution in [3.05, 3.63) is 65.2 Å². The summed E-state index contributed by atoms with van der Waals surface area (Å²) in [6.45, 7) is 4.30. The Morgan fingerprint density at radius 1 is 1.00 bits per heavy atom. The molecular formula is C21H21NO4. The van der Waals surface area contributed by atoms with Crippen molar-refractivity contribution in [3.8, 4) is 5.75 Å². The van der Waals surface area contributed by atoms with Gasteiger partial charge in [-0.3, -0.25) is 19.3 Å². The summed E-state index contributed by atoms with van der Waals surface area (Å²) in [7, 11) is 0. The standard InChI is InChI=1S/C21H21NO4/c1-3-4-13-26-16-11-9-15(10-12-16)19(23)14(2)22-20(24)17-7-5-6-8-18(17)21(22)25/h5-12,14H,3-4,13H2,1-2H3. The van der Waals surface area contributed by atoms with Crippen LogP contribution < -0.4 is 4.74 Å². The van der Waals surface area contributed by atoms with Crippen molar-refractivity contribution in [2.24, 2.45) is 0 Å². The Labute approximate surface area is 152 Å². The quantitative estimate of drug-likeness (QED) is 0.433. The molecule has 5 heteroatoms. The van der Waals surface area contributed by atoms with Crippen molar-refractivity contribution < 1.29 is 19.1 Å². The molecule has 3 rings (SSSR count). The van der Waals surface area contributed by atoms with Crippen LogP contribution in [0.4, 0.5) is 0 Å². The van der Waals surface area contributed by atoms with E-state index in [1.54, 1.807) is 55.5 Å². The number of ether oxygens (including phenoxy) is 1. The summed E-state index contributed by atoms with van der Waals surface area (Å²) in [5.74, 6) is -0.431. The number of hydrogen-bond acceptors (Lipinski definition) is 4. The van der Waals surface area contributed by atoms with Gasteiger partial charge in [0.05, 0.1) is 17.7 Å². The average Bonchev–Trinajstić information content (AvgIpc) is 2.92. The number of carbonyl (C=O) groups excluding carboxylic acids is 3. The SMILES string of the molecule is CCCCOc1ccc(C(=O)C(C)N2C(=O)c3ccccc3C2=O)cc1. The summed E-state index contributed by atoms with van der Waals surface area (Å²) in [5, 5.41) is 0. The number of nitrogens with zero attached hydrogens (tertiary/aromatic N) is 1. The topological polar surface area (TPSA) is 63.7 Å². The number of carbonyl (C=O) groups is 3. The first-order valence-electron chi connectivity index (χ1n) is 8.78. The summed E-state index contributed by atoms with van der Waals surface area (Å²) in [6, 6.07) is 12.6. The molecule has 1 heterocycles. The van der Waals surface area contributed by atoms with Gasteiger partial charge in [-0.05, 0) is 49.7 Å². The maximum absolute atomic E-state index is 12.8. The van der Waals surface area contributed by atoms with Gasteiger partial charge in [-0.2, -0.15) is 0 Å². The van der Waals surface area contributed by atoms with Crippen molar-refractivity contribution in [3.63, 3.8) is 0 Å². The molecule has 5 nitrogen and oxygen atoms in total. The molecule has 0 saturated heterocycles. The van der Waals surface area contributed by atoms with Crippen LogP contribution in [-0.4, -0.2) is 35.1 Å². The molecule has 134 valence electrons. The summed E-state index contributed by atoms with van der Waals surface area (Å²) in [4.78, 5) is 38.8. The molecule has 1 atom stereocenters. The molecule has 1 aliphatic heterocycles. The number of fused-ring (bicyclic) bond motifs is 1. The molecule has 26 heavy (non-hydrogen) atoms. The minimum Gasteiger partial charge on any atom is -0.494 e. The number of rotatable bonds is 7. The Morgan fingerprint density at radius 2 is 1.58 bits per heavy atom. The number of imide groups is 1. The average molecular weight is 351 g/mol. The number of hydrogen-bond donors (Lipinski definition) is 0. The van der Waals surface area contributed by atoms with Gasteiger partial charge in [-0.15, -0.1) is 0 Å². The fraction of sp³-hybridized carbons (Fsp3) is 0.286. The zero-order valence-corrected chi connectivity index (χ0v) is 14.9. The predicted molar refractivity (Wildman–Crippen MR) is 97.6 cm³/mol. The van der Waals surface area contributed by atoms with E-state index in [0.29, 0.717) is 29.0 Å². The lowest BCUT2D eigenvalue weighted by Crippen LogP contribution is -2.42. The van der Waals surface area contributed by atoms with Gasteiger partial charge in [-0.1, -0.05) is 25.5 Å². The van der Waals surface area contributed by atoms with Crippen LogP contribution in [0.1, 0.15) is 57.8 Å². The Kier molecular flexibility index (Phi) is 5.16. The predicted octanol–water partition coefficient (Wildman–Crippen LogP) is 3.73. The lowest BCUT2D eigenvalue weighted by Gasteiger charge is -2.21. The van der Waals surface area contributed by atoms with Gasteiger partial charge in [0.25, 0.3) is 11.8 Å². The first-order valence-corrected chi connectivity index (χ1v) is 8.78. The number of Topliss-reactive ketones (excluding diaryl/α,β-unsaturated/α-hetero) is 1. The normalized spacial score (nSPS) is 14.3. The zero-order chi connectivity index (χ0) is 18.7. The van der Waals surface area contributed by atoms with E-state index in [1.165, 1.54) is 0 Å². The number of ketones is 1. The molecule has 2 amide bonds. The summed E-state index contributed by atoms with van der Waals surface area (Å²) >= 11 is 0. The van der Waals surface area contributed by atoms with Gasteiger partial charge in [0.2, 0.25) is 0 Å². The highest BCUT2D eigenvalue weighted by atomic mass is 16.5. The highest BCUT2D eigenvalue weighted by molar-refractivity contribution is 6.23. The molecule has 0 aromatic heterocycles. The summed E-state index contributed by atoms with van der Waals surface area (Å²) < 4.78 is 5.59. The van der Waals surface area contributed by atoms with Crippen molar-refractivity contribution in [1.82, 2.24) is 4.90 Å². The maximum atomic E-state index is 12.8. The van der Waals surface area contributed by atoms with E-state index in [4.69, 9.17) is 4.74 Å². The molecule has 2 aromatic carbocycles. The lowest BCUT2D eigenvalue weighted by molar-refractivity contribution is 0.0555. The van der Waals surface area contributed by atoms with Gasteiger partial charge in [0, 0.05) is 5.56 Å². The third kappa shape index (κ3) is 3.25. The van der Waals surface area contributed by atoms with Crippen LogP contribution in [0, 0.1) is 0 Å². The molecule has 0 bridgehead atoms. The van der Waals surface area contributed by atoms with Crippen LogP contribution in [0.5, 0.6) is 5.75 Å². The Bertz CT molecular complexity index is 806. The van der Waals surface area contributed by atoms with Crippen LogP contribution in [0.3, 0.4) is 0 Å². The molecule has 0 saturated carbocycles. The van der Waals surface area contributed by atoms with E-state index in [2.05, 4.69) is 6.92 Å². The van der Waals surface area contributed by atoms with E-state index in [0.717, 1.165) is 17.7 Å². The number of benzene rings is 2. The Hall–Kier alpha value is -2.95. The molecule has 0 fully saturated rings. The molecule has 2 aromatic rings. The van der Waals surface area contributed by atoms with E-state index < -0.39 is 17.9 Å². The minimum absolute atomic E-state index is 0.278. The van der Waals surface area contributed by atoms with Crippen LogP contribution >= 0.6 is 0 Å². The third-order valence-electron chi connectivity index (χ3n) is 4.50. The van der Waals surface area contributed by atoms with Gasteiger partial charge >= 0.3 is 0 Å².